The third-order valence-corrected chi connectivity index (χ3v) is 25.0. The van der Waals surface area contributed by atoms with Gasteiger partial charge in [0.1, 0.15) is 61.7 Å². The number of H-pyrrole nitrogens is 3. The molecule has 3 aromatic heterocycles. The van der Waals surface area contributed by atoms with Crippen molar-refractivity contribution in [3.05, 3.63) is 196 Å². The molecule has 3 fully saturated rings. The van der Waals surface area contributed by atoms with Crippen molar-refractivity contribution >= 4 is 129 Å². The van der Waals surface area contributed by atoms with E-state index in [1.165, 1.54) is 4.90 Å². The Morgan fingerprint density at radius 1 is 0.449 bits per heavy atom. The van der Waals surface area contributed by atoms with Crippen LogP contribution < -0.4 is 91.0 Å². The predicted octanol–water partition coefficient (Wildman–Crippen LogP) is 1.27. The van der Waals surface area contributed by atoms with Crippen molar-refractivity contribution in [2.45, 2.75) is 164 Å². The predicted molar refractivity (Wildman–Crippen MR) is 429 cm³/mol. The Hall–Kier alpha value is -9.42. The summed E-state index contributed by atoms with van der Waals surface area (Å²) in [5, 5.41) is 40.7. The van der Waals surface area contributed by atoms with Gasteiger partial charge in [-0.05, 0) is 165 Å². The van der Waals surface area contributed by atoms with Gasteiger partial charge in [0.15, 0.2) is 10.9 Å². The standard InChI is InChI=1S/2C28H32N4O7S.C28H30N4O4.2Na/c2*1-15(2)11-22(30-24(33)21-12-17-16(3)7-6-10-19(17)29-21)25(34)32-14-28(13-23(32)26(35)40(37,38)39)18-8-4-5-9-20(18)31-27(28)36;1-16(2)11-24(30-25(34)23-12-19-17(3)7-6-10-21(19)29-23)26(35)32-15-28(13-18(32)14-33)20-8-4-5-9-22(20)31-27(28)36;;/h2*4-10,12,15,22-23,26,29,35H,11,13-14H2,1-3H3,(H,30,33)(H,31,36)(H,37,38,39);4-10,12,14,16,18,24,29H,11,13,15H2,1-3H3,(H,30,34)(H,31,36);;/q;;;2*+1/p-2/t2*22-,23-,26?,28-;18-,24-,28-;;/m000../s1. The van der Waals surface area contributed by atoms with Crippen molar-refractivity contribution in [1.29, 1.82) is 0 Å². The summed E-state index contributed by atoms with van der Waals surface area (Å²) in [6.45, 7) is 16.8. The maximum atomic E-state index is 14.0. The van der Waals surface area contributed by atoms with Gasteiger partial charge in [-0.15, -0.1) is 0 Å². The number of nitrogens with zero attached hydrogens (tertiary/aromatic N) is 3. The fourth-order valence-corrected chi connectivity index (χ4v) is 18.7. The number of rotatable bonds is 20. The number of carbonyl (C=O) groups excluding carboxylic acids is 10. The number of benzene rings is 6. The zero-order valence-corrected chi connectivity index (χ0v) is 72.9. The largest absolute Gasteiger partial charge is 1.00 e. The van der Waals surface area contributed by atoms with E-state index in [2.05, 4.69) is 46.9 Å². The van der Waals surface area contributed by atoms with Gasteiger partial charge in [0, 0.05) is 69.4 Å². The summed E-state index contributed by atoms with van der Waals surface area (Å²) in [7, 11) is -10.5. The number of para-hydroxylation sites is 3. The number of carbonyl (C=O) groups is 10. The molecule has 6 aliphatic rings. The molecule has 6 aromatic carbocycles. The molecule has 0 aliphatic carbocycles. The first-order valence-corrected chi connectivity index (χ1v) is 41.3. The van der Waals surface area contributed by atoms with Crippen LogP contribution in [0.3, 0.4) is 0 Å². The molecule has 6 aliphatic heterocycles. The zero-order valence-electron chi connectivity index (χ0n) is 67.2. The van der Waals surface area contributed by atoms with E-state index in [-0.39, 0.29) is 158 Å². The van der Waals surface area contributed by atoms with E-state index in [0.29, 0.717) is 40.3 Å². The van der Waals surface area contributed by atoms with Gasteiger partial charge < -0.3 is 85.7 Å². The summed E-state index contributed by atoms with van der Waals surface area (Å²) in [5.74, 6) is -4.30. The van der Waals surface area contributed by atoms with Crippen molar-refractivity contribution < 1.29 is 143 Å². The van der Waals surface area contributed by atoms with Gasteiger partial charge in [-0.1, -0.05) is 133 Å². The molecule has 610 valence electrons. The van der Waals surface area contributed by atoms with E-state index in [1.54, 1.807) is 66.7 Å². The number of likely N-dealkylation sites (tertiary alicyclic amines) is 3. The number of aliphatic hydroxyl groups excluding tert-OH is 2. The van der Waals surface area contributed by atoms with Crippen molar-refractivity contribution in [2.75, 3.05) is 35.6 Å². The third kappa shape index (κ3) is 17.4. The average molecular weight is 1670 g/mol. The van der Waals surface area contributed by atoms with Gasteiger partial charge in [0.2, 0.25) is 35.4 Å². The number of aromatic amines is 3. The fourth-order valence-electron chi connectivity index (χ4n) is 17.4. The Morgan fingerprint density at radius 3 is 1.01 bits per heavy atom. The Balaban J connectivity index is 0.000000172. The molecule has 11 atom stereocenters. The van der Waals surface area contributed by atoms with Gasteiger partial charge in [-0.3, -0.25) is 43.2 Å². The number of amides is 9. The SMILES string of the molecule is Cc1cccc2[nH]c(C(=O)N[C@@H](CC(C)C)C(=O)N3C[C@]4(C[C@H]3C(O)S(=O)(=O)[O-])C(=O)Nc3ccccc34)cc12.Cc1cccc2[nH]c(C(=O)N[C@@H](CC(C)C)C(=O)N3C[C@]4(C[C@H]3C(O)S(=O)(=O)[O-])C(=O)Nc3ccccc34)cc12.Cc1cccc2[nH]c(C(=O)N[C@@H](CC(C)C)C(=O)N3C[C@]4(C[C@H]3C=O)C(=O)Nc3ccccc34)cc12.[Na+].[Na+]. The molecule has 11 N–H and O–H groups in total. The topological polar surface area (TPSA) is 455 Å². The fraction of sp³-hybridized carbons (Fsp3) is 0.381. The van der Waals surface area contributed by atoms with Crippen molar-refractivity contribution in [3.8, 4) is 0 Å². The molecule has 3 spiro atoms. The van der Waals surface area contributed by atoms with E-state index < -0.39 is 119 Å². The monoisotopic (exact) mass is 1670 g/mol. The first-order valence-electron chi connectivity index (χ1n) is 38.4. The molecule has 30 nitrogen and oxygen atoms in total. The number of aromatic nitrogens is 3. The Morgan fingerprint density at radius 2 is 0.729 bits per heavy atom. The maximum absolute atomic E-state index is 14.0. The Labute approximate surface area is 726 Å². The van der Waals surface area contributed by atoms with Crippen molar-refractivity contribution in [1.82, 2.24) is 45.6 Å². The van der Waals surface area contributed by atoms with Crippen LogP contribution in [-0.2, 0) is 70.0 Å². The van der Waals surface area contributed by atoms with Crippen LogP contribution in [0.5, 0.6) is 0 Å². The second-order valence-corrected chi connectivity index (χ2v) is 35.4. The Bertz CT molecular complexity index is 5470. The van der Waals surface area contributed by atoms with E-state index >= 15 is 0 Å². The Kier molecular flexibility index (Phi) is 26.6. The second-order valence-electron chi connectivity index (χ2n) is 32.5. The van der Waals surface area contributed by atoms with Crippen LogP contribution in [-0.4, -0.2) is 192 Å². The van der Waals surface area contributed by atoms with E-state index in [1.807, 2.05) is 141 Å². The molecule has 3 saturated heterocycles. The summed E-state index contributed by atoms with van der Waals surface area (Å²) >= 11 is 0. The van der Waals surface area contributed by atoms with Gasteiger partial charge in [-0.2, -0.15) is 0 Å². The number of fused-ring (bicyclic) bond motifs is 9. The quantitative estimate of drug-likeness (QED) is 0.0291. The van der Waals surface area contributed by atoms with E-state index in [9.17, 15) is 84.1 Å². The number of nitrogens with one attached hydrogen (secondary N) is 9. The summed E-state index contributed by atoms with van der Waals surface area (Å²) in [6, 6.07) is 36.4. The second kappa shape index (κ2) is 35.1. The first kappa shape index (κ1) is 89.4. The van der Waals surface area contributed by atoms with Crippen molar-refractivity contribution in [2.24, 2.45) is 17.8 Å². The molecule has 0 radical (unpaired) electrons. The molecule has 0 saturated carbocycles. The van der Waals surface area contributed by atoms with Gasteiger partial charge in [0.05, 0.1) is 34.4 Å². The number of hydrogen-bond acceptors (Lipinski definition) is 18. The first-order chi connectivity index (χ1) is 54.9. The molecule has 118 heavy (non-hydrogen) atoms. The van der Waals surface area contributed by atoms with Crippen LogP contribution in [0, 0.1) is 38.5 Å². The van der Waals surface area contributed by atoms with E-state index in [4.69, 9.17) is 0 Å². The van der Waals surface area contributed by atoms with Crippen LogP contribution in [0.15, 0.2) is 146 Å². The molecular formula is C84H92N12Na2O18S2. The number of aryl methyl sites for hydroxylation is 3. The minimum atomic E-state index is -5.24. The molecule has 34 heteroatoms. The van der Waals surface area contributed by atoms with Gasteiger partial charge in [0.25, 0.3) is 17.7 Å². The summed E-state index contributed by atoms with van der Waals surface area (Å²) in [6.07, 6.45) is 1.21. The minimum Gasteiger partial charge on any atom is -0.746 e. The van der Waals surface area contributed by atoms with Crippen LogP contribution in [0.4, 0.5) is 17.1 Å². The zero-order chi connectivity index (χ0) is 83.6. The van der Waals surface area contributed by atoms with Crippen LogP contribution in [0.25, 0.3) is 32.7 Å². The molecule has 9 amide bonds. The smallest absolute Gasteiger partial charge is 0.746 e. The molecule has 0 bridgehead atoms. The maximum Gasteiger partial charge on any atom is 1.00 e. The number of aldehydes is 1. The molecular weight excluding hydrogens is 1580 g/mol. The molecule has 15 rings (SSSR count). The summed E-state index contributed by atoms with van der Waals surface area (Å²) in [5.41, 5.74) is 1.24. The third-order valence-electron chi connectivity index (χ3n) is 23.1. The van der Waals surface area contributed by atoms with E-state index in [0.717, 1.165) is 71.0 Å². The number of aliphatic hydroxyl groups is 2. The molecule has 9 aromatic rings. The number of hydrogen-bond donors (Lipinski definition) is 11. The number of anilines is 3. The molecule has 2 unspecified atom stereocenters. The van der Waals surface area contributed by atoms with Crippen LogP contribution in [0.2, 0.25) is 0 Å². The normalized spacial score (nSPS) is 21.5. The molecule has 9 heterocycles. The minimum absolute atomic E-state index is 0. The summed E-state index contributed by atoms with van der Waals surface area (Å²) in [4.78, 5) is 146. The van der Waals surface area contributed by atoms with Crippen molar-refractivity contribution in [3.63, 3.8) is 0 Å². The van der Waals surface area contributed by atoms with Gasteiger partial charge >= 0.3 is 59.1 Å². The summed E-state index contributed by atoms with van der Waals surface area (Å²) < 4.78 is 71.5. The van der Waals surface area contributed by atoms with Crippen LogP contribution >= 0.6 is 0 Å². The average Bonchev–Trinajstić information content (AvgIpc) is 1.57. The van der Waals surface area contributed by atoms with Crippen LogP contribution in [0.1, 0.15) is 145 Å². The van der Waals surface area contributed by atoms with Gasteiger partial charge in [-0.25, -0.2) is 16.8 Å².